The van der Waals surface area contributed by atoms with Crippen LogP contribution in [0.5, 0.6) is 0 Å². The Labute approximate surface area is 189 Å². The van der Waals surface area contributed by atoms with E-state index >= 15 is 0 Å². The fourth-order valence-corrected chi connectivity index (χ4v) is 5.46. The zero-order valence-corrected chi connectivity index (χ0v) is 19.7. The fourth-order valence-electron chi connectivity index (χ4n) is 5.46. The zero-order valence-electron chi connectivity index (χ0n) is 18.9. The lowest BCUT2D eigenvalue weighted by Gasteiger charge is -2.40. The van der Waals surface area contributed by atoms with Gasteiger partial charge in [0, 0.05) is 50.6 Å². The molecule has 0 spiro atoms. The lowest BCUT2D eigenvalue weighted by atomic mass is 9.71. The molecule has 3 fully saturated rings. The maximum absolute atomic E-state index is 9.00. The van der Waals surface area contributed by atoms with E-state index in [9.17, 15) is 0 Å². The van der Waals surface area contributed by atoms with Crippen LogP contribution >= 0.6 is 12.4 Å². The molecule has 1 aromatic carbocycles. The molecule has 0 atom stereocenters. The average molecular weight is 431 g/mol. The Morgan fingerprint density at radius 2 is 1.60 bits per heavy atom. The van der Waals surface area contributed by atoms with Crippen LogP contribution in [-0.2, 0) is 0 Å². The quantitative estimate of drug-likeness (QED) is 0.596. The highest BCUT2D eigenvalue weighted by Gasteiger charge is 2.30. The van der Waals surface area contributed by atoms with Gasteiger partial charge in [-0.1, -0.05) is 13.8 Å². The van der Waals surface area contributed by atoms with E-state index in [0.717, 1.165) is 26.2 Å². The molecule has 0 unspecified atom stereocenters. The van der Waals surface area contributed by atoms with Gasteiger partial charge in [-0.3, -0.25) is 4.90 Å². The minimum atomic E-state index is 0. The SMILES string of the molecule is CC1(C)CCC(c2cc(N3CCCCC3)ccc2N2CCN(CC#N)CC2)CC1.Cl. The molecule has 166 valence electrons. The molecular formula is C25H39ClN4. The van der Waals surface area contributed by atoms with Crippen LogP contribution in [0.25, 0.3) is 0 Å². The molecule has 1 aromatic rings. The Bertz CT molecular complexity index is 717. The molecule has 5 heteroatoms. The van der Waals surface area contributed by atoms with E-state index in [1.807, 2.05) is 0 Å². The van der Waals surface area contributed by atoms with E-state index in [4.69, 9.17) is 5.26 Å². The molecule has 0 N–H and O–H groups in total. The smallest absolute Gasteiger partial charge is 0.0867 e. The largest absolute Gasteiger partial charge is 0.372 e. The summed E-state index contributed by atoms with van der Waals surface area (Å²) in [6.07, 6.45) is 9.34. The van der Waals surface area contributed by atoms with Gasteiger partial charge in [-0.2, -0.15) is 5.26 Å². The van der Waals surface area contributed by atoms with Crippen molar-refractivity contribution in [1.29, 1.82) is 5.26 Å². The van der Waals surface area contributed by atoms with Crippen molar-refractivity contribution in [2.45, 2.75) is 64.7 Å². The third kappa shape index (κ3) is 5.42. The van der Waals surface area contributed by atoms with Crippen molar-refractivity contribution in [2.24, 2.45) is 5.41 Å². The summed E-state index contributed by atoms with van der Waals surface area (Å²) in [5, 5.41) is 9.00. The number of rotatable bonds is 4. The summed E-state index contributed by atoms with van der Waals surface area (Å²) in [5.74, 6) is 0.694. The van der Waals surface area contributed by atoms with Gasteiger partial charge >= 0.3 is 0 Å². The van der Waals surface area contributed by atoms with Crippen molar-refractivity contribution >= 4 is 23.8 Å². The van der Waals surface area contributed by atoms with Crippen LogP contribution in [0, 0.1) is 16.7 Å². The van der Waals surface area contributed by atoms with E-state index in [1.54, 1.807) is 5.56 Å². The van der Waals surface area contributed by atoms with Crippen LogP contribution in [0.15, 0.2) is 18.2 Å². The van der Waals surface area contributed by atoms with E-state index < -0.39 is 0 Å². The lowest BCUT2D eigenvalue weighted by Crippen LogP contribution is -2.46. The van der Waals surface area contributed by atoms with Crippen molar-refractivity contribution in [3.8, 4) is 6.07 Å². The molecule has 30 heavy (non-hydrogen) atoms. The molecule has 1 saturated carbocycles. The number of anilines is 2. The molecule has 2 saturated heterocycles. The maximum Gasteiger partial charge on any atom is 0.0867 e. The third-order valence-electron chi connectivity index (χ3n) is 7.52. The molecule has 4 rings (SSSR count). The Kier molecular flexibility index (Phi) is 7.93. The van der Waals surface area contributed by atoms with Crippen LogP contribution < -0.4 is 9.80 Å². The number of nitrogens with zero attached hydrogens (tertiary/aromatic N) is 4. The first-order valence-corrected chi connectivity index (χ1v) is 11.8. The highest BCUT2D eigenvalue weighted by molar-refractivity contribution is 5.85. The van der Waals surface area contributed by atoms with Gasteiger partial charge in [0.2, 0.25) is 0 Å². The summed E-state index contributed by atoms with van der Waals surface area (Å²) < 4.78 is 0. The molecule has 0 bridgehead atoms. The first-order valence-electron chi connectivity index (χ1n) is 11.8. The molecule has 2 heterocycles. The van der Waals surface area contributed by atoms with Crippen molar-refractivity contribution < 1.29 is 0 Å². The van der Waals surface area contributed by atoms with Crippen LogP contribution in [0.2, 0.25) is 0 Å². The summed E-state index contributed by atoms with van der Waals surface area (Å²) in [7, 11) is 0. The van der Waals surface area contributed by atoms with Gasteiger partial charge in [0.05, 0.1) is 12.6 Å². The monoisotopic (exact) mass is 430 g/mol. The van der Waals surface area contributed by atoms with Crippen LogP contribution in [0.1, 0.15) is 70.3 Å². The second-order valence-corrected chi connectivity index (χ2v) is 10.2. The second-order valence-electron chi connectivity index (χ2n) is 10.2. The van der Waals surface area contributed by atoms with Crippen LogP contribution in [0.3, 0.4) is 0 Å². The van der Waals surface area contributed by atoms with Crippen molar-refractivity contribution in [1.82, 2.24) is 4.90 Å². The summed E-state index contributed by atoms with van der Waals surface area (Å²) in [6, 6.07) is 9.64. The standard InChI is InChI=1S/C25H38N4.ClH/c1-25(2)10-8-21(9-11-25)23-20-22(28-13-4-3-5-14-28)6-7-24(23)29-18-16-27(15-12-26)17-19-29;/h6-7,20-21H,3-5,8-11,13-19H2,1-2H3;1H. The summed E-state index contributed by atoms with van der Waals surface area (Å²) in [6.45, 7) is 11.9. The summed E-state index contributed by atoms with van der Waals surface area (Å²) in [5.41, 5.74) is 5.00. The van der Waals surface area contributed by atoms with Crippen LogP contribution in [-0.4, -0.2) is 50.7 Å². The van der Waals surface area contributed by atoms with Crippen molar-refractivity contribution in [3.63, 3.8) is 0 Å². The first-order chi connectivity index (χ1) is 14.1. The number of piperidine rings is 1. The number of nitriles is 1. The Morgan fingerprint density at radius 1 is 0.933 bits per heavy atom. The molecule has 0 amide bonds. The van der Waals surface area contributed by atoms with Crippen molar-refractivity contribution in [3.05, 3.63) is 23.8 Å². The number of piperazine rings is 1. The summed E-state index contributed by atoms with van der Waals surface area (Å²) in [4.78, 5) is 7.47. The predicted octanol–water partition coefficient (Wildman–Crippen LogP) is 5.43. The van der Waals surface area contributed by atoms with Crippen molar-refractivity contribution in [2.75, 3.05) is 55.6 Å². The average Bonchev–Trinajstić information content (AvgIpc) is 2.75. The first kappa shape index (κ1) is 23.2. The topological polar surface area (TPSA) is 33.5 Å². The molecule has 0 aromatic heterocycles. The number of hydrogen-bond acceptors (Lipinski definition) is 4. The van der Waals surface area contributed by atoms with Gasteiger partial charge in [-0.05, 0) is 80.0 Å². The fraction of sp³-hybridized carbons (Fsp3) is 0.720. The Balaban J connectivity index is 0.00000256. The highest BCUT2D eigenvalue weighted by Crippen LogP contribution is 2.45. The van der Waals surface area contributed by atoms with Crippen LogP contribution in [0.4, 0.5) is 11.4 Å². The van der Waals surface area contributed by atoms with E-state index in [1.165, 1.54) is 69.4 Å². The van der Waals surface area contributed by atoms with E-state index in [0.29, 0.717) is 17.9 Å². The Hall–Kier alpha value is -1.44. The predicted molar refractivity (Wildman–Crippen MR) is 129 cm³/mol. The van der Waals surface area contributed by atoms with E-state index in [-0.39, 0.29) is 12.4 Å². The molecule has 4 nitrogen and oxygen atoms in total. The third-order valence-corrected chi connectivity index (χ3v) is 7.52. The number of halogens is 1. The zero-order chi connectivity index (χ0) is 20.3. The maximum atomic E-state index is 9.00. The molecular weight excluding hydrogens is 392 g/mol. The number of benzene rings is 1. The molecule has 2 aliphatic heterocycles. The second kappa shape index (κ2) is 10.2. The van der Waals surface area contributed by atoms with Gasteiger partial charge < -0.3 is 9.80 Å². The minimum absolute atomic E-state index is 0. The van der Waals surface area contributed by atoms with Gasteiger partial charge in [0.15, 0.2) is 0 Å². The molecule has 0 radical (unpaired) electrons. The lowest BCUT2D eigenvalue weighted by molar-refractivity contribution is 0.224. The molecule has 1 aliphatic carbocycles. The van der Waals surface area contributed by atoms with Gasteiger partial charge in [-0.25, -0.2) is 0 Å². The number of hydrogen-bond donors (Lipinski definition) is 0. The minimum Gasteiger partial charge on any atom is -0.372 e. The van der Waals surface area contributed by atoms with Gasteiger partial charge in [0.25, 0.3) is 0 Å². The van der Waals surface area contributed by atoms with Gasteiger partial charge in [0.1, 0.15) is 0 Å². The molecule has 3 aliphatic rings. The normalized spacial score (nSPS) is 23.0. The highest BCUT2D eigenvalue weighted by atomic mass is 35.5. The van der Waals surface area contributed by atoms with Gasteiger partial charge in [-0.15, -0.1) is 12.4 Å². The Morgan fingerprint density at radius 3 is 2.23 bits per heavy atom. The summed E-state index contributed by atoms with van der Waals surface area (Å²) >= 11 is 0. The van der Waals surface area contributed by atoms with E-state index in [2.05, 4.69) is 52.8 Å².